The number of nitrogens with one attached hydrogen (secondary N) is 2. The molecule has 1 amide bonds. The van der Waals surface area contributed by atoms with Crippen LogP contribution in [-0.2, 0) is 4.79 Å². The van der Waals surface area contributed by atoms with Crippen LogP contribution in [0.3, 0.4) is 0 Å². The molecular formula is C24H27FN4O3. The molecule has 1 saturated heterocycles. The van der Waals surface area contributed by atoms with Gasteiger partial charge in [-0.3, -0.25) is 14.2 Å². The number of ketones is 1. The largest absolute Gasteiger partial charge is 0.346 e. The number of alkyl halides is 1. The van der Waals surface area contributed by atoms with E-state index in [4.69, 9.17) is 0 Å². The monoisotopic (exact) mass is 438 g/mol. The Bertz CT molecular complexity index is 1160. The smallest absolute Gasteiger partial charge is 0.326 e. The quantitative estimate of drug-likeness (QED) is 0.556. The highest BCUT2D eigenvalue weighted by atomic mass is 19.1. The maximum absolute atomic E-state index is 15.2. The molecule has 4 rings (SSSR count). The molecule has 3 unspecified atom stereocenters. The van der Waals surface area contributed by atoms with E-state index in [0.29, 0.717) is 42.5 Å². The van der Waals surface area contributed by atoms with Crippen molar-refractivity contribution in [2.24, 2.45) is 0 Å². The van der Waals surface area contributed by atoms with Gasteiger partial charge in [0, 0.05) is 32.1 Å². The highest BCUT2D eigenvalue weighted by Gasteiger charge is 2.33. The summed E-state index contributed by atoms with van der Waals surface area (Å²) in [6.45, 7) is 2.62. The number of hydrogen-bond acceptors (Lipinski definition) is 4. The predicted molar refractivity (Wildman–Crippen MR) is 121 cm³/mol. The van der Waals surface area contributed by atoms with Gasteiger partial charge in [-0.25, -0.2) is 9.18 Å². The Morgan fingerprint density at radius 2 is 1.88 bits per heavy atom. The van der Waals surface area contributed by atoms with Crippen molar-refractivity contribution in [3.05, 3.63) is 70.6 Å². The number of amides is 1. The second-order valence-corrected chi connectivity index (χ2v) is 8.26. The van der Waals surface area contributed by atoms with Crippen molar-refractivity contribution >= 4 is 22.7 Å². The van der Waals surface area contributed by atoms with Crippen LogP contribution in [0.25, 0.3) is 11.0 Å². The summed E-state index contributed by atoms with van der Waals surface area (Å²) in [6.07, 6.45) is -0.345. The number of fused-ring (bicyclic) bond motifs is 1. The highest BCUT2D eigenvalue weighted by Crippen LogP contribution is 2.27. The minimum Gasteiger partial charge on any atom is -0.346 e. The molecule has 168 valence electrons. The van der Waals surface area contributed by atoms with Gasteiger partial charge in [-0.05, 0) is 25.0 Å². The zero-order chi connectivity index (χ0) is 22.7. The number of aromatic amines is 1. The molecular weight excluding hydrogens is 411 g/mol. The fourth-order valence-electron chi connectivity index (χ4n) is 4.48. The van der Waals surface area contributed by atoms with Crippen LogP contribution >= 0.6 is 0 Å². The summed E-state index contributed by atoms with van der Waals surface area (Å²) in [4.78, 5) is 41.7. The Labute approximate surface area is 185 Å². The number of likely N-dealkylation sites (tertiary alicyclic amines) is 1. The number of Topliss-reactive ketones (excluding diaryl/α,β-unsaturated/α-hetero) is 1. The molecule has 3 aromatic rings. The SMILES string of the molecule is CC(=O)NC(CCN1CCC(n2c(=O)[nH]c3ccccc32)C(F)C1)C(=O)c1ccccc1. The molecule has 0 aliphatic carbocycles. The number of nitrogens with zero attached hydrogens (tertiary/aromatic N) is 2. The van der Waals surface area contributed by atoms with Crippen molar-refractivity contribution in [3.8, 4) is 0 Å². The molecule has 2 N–H and O–H groups in total. The number of halogens is 1. The van der Waals surface area contributed by atoms with Gasteiger partial charge in [0.2, 0.25) is 5.91 Å². The zero-order valence-corrected chi connectivity index (χ0v) is 18.0. The summed E-state index contributed by atoms with van der Waals surface area (Å²) in [5.74, 6) is -0.433. The van der Waals surface area contributed by atoms with E-state index >= 15 is 4.39 Å². The summed E-state index contributed by atoms with van der Waals surface area (Å²) in [5.41, 5.74) is 1.64. The third kappa shape index (κ3) is 4.65. The van der Waals surface area contributed by atoms with Crippen LogP contribution < -0.4 is 11.0 Å². The van der Waals surface area contributed by atoms with Crippen LogP contribution in [0.5, 0.6) is 0 Å². The van der Waals surface area contributed by atoms with Crippen molar-refractivity contribution < 1.29 is 14.0 Å². The van der Waals surface area contributed by atoms with Gasteiger partial charge in [0.15, 0.2) is 5.78 Å². The molecule has 0 bridgehead atoms. The summed E-state index contributed by atoms with van der Waals surface area (Å²) in [5, 5.41) is 2.73. The van der Waals surface area contributed by atoms with Gasteiger partial charge < -0.3 is 15.2 Å². The average molecular weight is 439 g/mol. The van der Waals surface area contributed by atoms with Crippen LogP contribution in [0, 0.1) is 0 Å². The number of hydrogen-bond donors (Lipinski definition) is 2. The molecule has 1 aliphatic rings. The minimum atomic E-state index is -1.22. The summed E-state index contributed by atoms with van der Waals surface area (Å²) >= 11 is 0. The number of piperidine rings is 1. The van der Waals surface area contributed by atoms with Gasteiger partial charge in [0.05, 0.1) is 23.1 Å². The second kappa shape index (κ2) is 9.48. The minimum absolute atomic E-state index is 0.155. The lowest BCUT2D eigenvalue weighted by atomic mass is 9.99. The number of benzene rings is 2. The second-order valence-electron chi connectivity index (χ2n) is 8.26. The summed E-state index contributed by atoms with van der Waals surface area (Å²) in [6, 6.07) is 14.9. The Hall–Kier alpha value is -3.26. The van der Waals surface area contributed by atoms with E-state index in [1.165, 1.54) is 11.5 Å². The van der Waals surface area contributed by atoms with E-state index in [2.05, 4.69) is 10.3 Å². The number of aromatic nitrogens is 2. The molecule has 0 saturated carbocycles. The fourth-order valence-corrected chi connectivity index (χ4v) is 4.48. The van der Waals surface area contributed by atoms with Crippen molar-refractivity contribution in [1.82, 2.24) is 19.8 Å². The van der Waals surface area contributed by atoms with Crippen LogP contribution in [0.2, 0.25) is 0 Å². The van der Waals surface area contributed by atoms with E-state index in [1.54, 1.807) is 24.3 Å². The zero-order valence-electron chi connectivity index (χ0n) is 18.0. The first-order valence-electron chi connectivity index (χ1n) is 10.9. The van der Waals surface area contributed by atoms with E-state index in [1.807, 2.05) is 35.2 Å². The van der Waals surface area contributed by atoms with Crippen LogP contribution in [0.15, 0.2) is 59.4 Å². The lowest BCUT2D eigenvalue weighted by Gasteiger charge is -2.35. The Morgan fingerprint density at radius 1 is 1.16 bits per heavy atom. The lowest BCUT2D eigenvalue weighted by molar-refractivity contribution is -0.119. The molecule has 0 spiro atoms. The van der Waals surface area contributed by atoms with Gasteiger partial charge in [-0.15, -0.1) is 0 Å². The first kappa shape index (κ1) is 22.0. The van der Waals surface area contributed by atoms with Crippen molar-refractivity contribution in [2.45, 2.75) is 38.0 Å². The summed E-state index contributed by atoms with van der Waals surface area (Å²) < 4.78 is 16.7. The Kier molecular flexibility index (Phi) is 6.50. The molecule has 32 heavy (non-hydrogen) atoms. The number of carbonyl (C=O) groups excluding carboxylic acids is 2. The standard InChI is InChI=1S/C24H27FN4O3/c1-16(30)26-20(23(31)17-7-3-2-4-8-17)11-13-28-14-12-21(18(25)15-28)29-22-10-6-5-9-19(22)27-24(29)32/h2-10,18,20-21H,11-15H2,1H3,(H,26,30)(H,27,32). The molecule has 1 aliphatic heterocycles. The van der Waals surface area contributed by atoms with Crippen molar-refractivity contribution in [3.63, 3.8) is 0 Å². The average Bonchev–Trinajstić information content (AvgIpc) is 3.12. The van der Waals surface area contributed by atoms with Crippen LogP contribution in [0.1, 0.15) is 36.2 Å². The van der Waals surface area contributed by atoms with Gasteiger partial charge in [-0.2, -0.15) is 0 Å². The maximum Gasteiger partial charge on any atom is 0.326 e. The van der Waals surface area contributed by atoms with E-state index < -0.39 is 18.3 Å². The molecule has 0 radical (unpaired) electrons. The topological polar surface area (TPSA) is 87.2 Å². The van der Waals surface area contributed by atoms with Crippen molar-refractivity contribution in [2.75, 3.05) is 19.6 Å². The van der Waals surface area contributed by atoms with Gasteiger partial charge in [0.25, 0.3) is 0 Å². The fraction of sp³-hybridized carbons (Fsp3) is 0.375. The van der Waals surface area contributed by atoms with E-state index in [-0.39, 0.29) is 23.9 Å². The molecule has 3 atom stereocenters. The van der Waals surface area contributed by atoms with Crippen LogP contribution in [-0.4, -0.2) is 58.0 Å². The number of H-pyrrole nitrogens is 1. The first-order valence-corrected chi connectivity index (χ1v) is 10.9. The normalized spacial score (nSPS) is 20.2. The number of rotatable bonds is 7. The van der Waals surface area contributed by atoms with Gasteiger partial charge >= 0.3 is 5.69 Å². The molecule has 8 heteroatoms. The molecule has 1 aromatic heterocycles. The third-order valence-corrected chi connectivity index (χ3v) is 6.03. The molecule has 2 aromatic carbocycles. The lowest BCUT2D eigenvalue weighted by Crippen LogP contribution is -2.47. The molecule has 2 heterocycles. The number of imidazole rings is 1. The maximum atomic E-state index is 15.2. The highest BCUT2D eigenvalue weighted by molar-refractivity contribution is 6.01. The van der Waals surface area contributed by atoms with E-state index in [9.17, 15) is 14.4 Å². The Morgan fingerprint density at radius 3 is 2.59 bits per heavy atom. The number of para-hydroxylation sites is 2. The van der Waals surface area contributed by atoms with Gasteiger partial charge in [0.1, 0.15) is 6.17 Å². The van der Waals surface area contributed by atoms with Gasteiger partial charge in [-0.1, -0.05) is 42.5 Å². The van der Waals surface area contributed by atoms with Crippen LogP contribution in [0.4, 0.5) is 4.39 Å². The molecule has 7 nitrogen and oxygen atoms in total. The van der Waals surface area contributed by atoms with E-state index in [0.717, 1.165) is 0 Å². The predicted octanol–water partition coefficient (Wildman–Crippen LogP) is 2.69. The first-order chi connectivity index (χ1) is 15.4. The number of carbonyl (C=O) groups is 2. The van der Waals surface area contributed by atoms with Crippen molar-refractivity contribution in [1.29, 1.82) is 0 Å². The molecule has 1 fully saturated rings. The Balaban J connectivity index is 1.41. The third-order valence-electron chi connectivity index (χ3n) is 6.03. The summed E-state index contributed by atoms with van der Waals surface area (Å²) in [7, 11) is 0.